The number of fused-ring (bicyclic) bond motifs is 1. The largest absolute Gasteiger partial charge is 0.416 e. The predicted octanol–water partition coefficient (Wildman–Crippen LogP) is 3.84. The summed E-state index contributed by atoms with van der Waals surface area (Å²) in [6.07, 6.45) is -1.95. The molecule has 1 atom stereocenters. The van der Waals surface area contributed by atoms with Gasteiger partial charge in [-0.25, -0.2) is 14.4 Å². The van der Waals surface area contributed by atoms with Crippen LogP contribution in [0.3, 0.4) is 0 Å². The van der Waals surface area contributed by atoms with E-state index >= 15 is 0 Å². The van der Waals surface area contributed by atoms with Crippen LogP contribution in [0.5, 0.6) is 0 Å². The second kappa shape index (κ2) is 7.13. The molecule has 0 aliphatic carbocycles. The highest BCUT2D eigenvalue weighted by Gasteiger charge is 2.30. The lowest BCUT2D eigenvalue weighted by molar-refractivity contribution is -0.137. The van der Waals surface area contributed by atoms with Gasteiger partial charge in [-0.05, 0) is 49.4 Å². The van der Waals surface area contributed by atoms with Gasteiger partial charge in [0.1, 0.15) is 17.6 Å². The Bertz CT molecular complexity index is 1160. The lowest BCUT2D eigenvalue weighted by Crippen LogP contribution is -2.47. The van der Waals surface area contributed by atoms with Crippen molar-refractivity contribution in [3.63, 3.8) is 0 Å². The number of guanidine groups is 1. The summed E-state index contributed by atoms with van der Waals surface area (Å²) in [6.45, 7) is 1.78. The molecule has 3 heterocycles. The van der Waals surface area contributed by atoms with Crippen molar-refractivity contribution in [2.75, 3.05) is 12.4 Å². The summed E-state index contributed by atoms with van der Waals surface area (Å²) in [4.78, 5) is 10.6. The molecule has 0 radical (unpaired) electrons. The van der Waals surface area contributed by atoms with Crippen molar-refractivity contribution in [1.29, 1.82) is 0 Å². The Balaban J connectivity index is 1.71. The molecule has 10 heteroatoms. The summed E-state index contributed by atoms with van der Waals surface area (Å²) in [7, 11) is 1.70. The van der Waals surface area contributed by atoms with Crippen LogP contribution < -0.4 is 11.1 Å². The van der Waals surface area contributed by atoms with Crippen molar-refractivity contribution in [2.24, 2.45) is 10.7 Å². The molecule has 4 rings (SSSR count). The first-order valence-electron chi connectivity index (χ1n) is 9.01. The van der Waals surface area contributed by atoms with Crippen molar-refractivity contribution in [2.45, 2.75) is 19.3 Å². The Morgan fingerprint density at radius 1 is 1.10 bits per heavy atom. The number of nitrogens with one attached hydrogen (secondary N) is 1. The number of aliphatic imine (C=N–C) groups is 1. The first kappa shape index (κ1) is 19.9. The molecule has 0 saturated carbocycles. The summed E-state index contributed by atoms with van der Waals surface area (Å²) in [6, 6.07) is 7.49. The van der Waals surface area contributed by atoms with E-state index in [1.165, 1.54) is 24.4 Å². The van der Waals surface area contributed by atoms with Gasteiger partial charge in [0.2, 0.25) is 5.96 Å². The highest BCUT2D eigenvalue weighted by molar-refractivity contribution is 5.98. The van der Waals surface area contributed by atoms with E-state index in [0.717, 1.165) is 12.1 Å². The monoisotopic (exact) mass is 418 g/mol. The molecule has 6 nitrogen and oxygen atoms in total. The van der Waals surface area contributed by atoms with Gasteiger partial charge in [-0.15, -0.1) is 0 Å². The first-order chi connectivity index (χ1) is 14.1. The maximum absolute atomic E-state index is 13.8. The van der Waals surface area contributed by atoms with E-state index < -0.39 is 23.7 Å². The highest BCUT2D eigenvalue weighted by atomic mass is 19.4. The quantitative estimate of drug-likeness (QED) is 0.621. The average molecular weight is 418 g/mol. The standard InChI is InChI=1S/C20H18F4N6/c1-11-18(30-10-13(21)5-8-17(30)26-11)15-9-16(25)29(2)19(28-15)27-14-6-3-12(4-7-14)20(22,23)24/h3-10,16H,25H2,1-2H3,(H,27,28). The van der Waals surface area contributed by atoms with Crippen molar-refractivity contribution >= 4 is 23.0 Å². The molecule has 2 aromatic heterocycles. The molecule has 0 fully saturated rings. The van der Waals surface area contributed by atoms with Crippen molar-refractivity contribution in [3.05, 3.63) is 71.4 Å². The SMILES string of the molecule is Cc1nc2ccc(F)cn2c1C1=CC(N)N(C)C(Nc2ccc(C(F)(F)F)cc2)=N1. The van der Waals surface area contributed by atoms with Gasteiger partial charge in [0.15, 0.2) is 0 Å². The third-order valence-electron chi connectivity index (χ3n) is 4.80. The number of aromatic nitrogens is 2. The van der Waals surface area contributed by atoms with E-state index in [9.17, 15) is 17.6 Å². The Kier molecular flexibility index (Phi) is 4.73. The van der Waals surface area contributed by atoms with Crippen LogP contribution in [-0.4, -0.2) is 33.5 Å². The Labute approximate surface area is 169 Å². The molecular weight excluding hydrogens is 400 g/mol. The summed E-state index contributed by atoms with van der Waals surface area (Å²) in [5, 5.41) is 2.99. The topological polar surface area (TPSA) is 71.0 Å². The number of pyridine rings is 1. The van der Waals surface area contributed by atoms with E-state index in [2.05, 4.69) is 15.3 Å². The van der Waals surface area contributed by atoms with Crippen molar-refractivity contribution < 1.29 is 17.6 Å². The molecule has 3 N–H and O–H groups in total. The van der Waals surface area contributed by atoms with Gasteiger partial charge >= 0.3 is 6.18 Å². The highest BCUT2D eigenvalue weighted by Crippen LogP contribution is 2.30. The zero-order valence-corrected chi connectivity index (χ0v) is 16.1. The van der Waals surface area contributed by atoms with Crippen LogP contribution in [-0.2, 0) is 6.18 Å². The zero-order valence-electron chi connectivity index (χ0n) is 16.1. The fourth-order valence-electron chi connectivity index (χ4n) is 3.21. The Hall–Kier alpha value is -3.40. The second-order valence-corrected chi connectivity index (χ2v) is 6.91. The maximum atomic E-state index is 13.8. The number of hydrogen-bond donors (Lipinski definition) is 2. The number of halogens is 4. The van der Waals surface area contributed by atoms with Crippen LogP contribution in [0.1, 0.15) is 17.0 Å². The van der Waals surface area contributed by atoms with Gasteiger partial charge in [-0.2, -0.15) is 13.2 Å². The van der Waals surface area contributed by atoms with Gasteiger partial charge in [0.25, 0.3) is 0 Å². The number of alkyl halides is 3. The van der Waals surface area contributed by atoms with Gasteiger partial charge in [0, 0.05) is 18.9 Å². The van der Waals surface area contributed by atoms with Crippen LogP contribution in [0.15, 0.2) is 53.7 Å². The van der Waals surface area contributed by atoms with E-state index in [1.54, 1.807) is 35.4 Å². The van der Waals surface area contributed by atoms with Gasteiger partial charge in [-0.3, -0.25) is 4.40 Å². The van der Waals surface area contributed by atoms with E-state index in [1.807, 2.05) is 0 Å². The summed E-state index contributed by atoms with van der Waals surface area (Å²) >= 11 is 0. The number of hydrogen-bond acceptors (Lipinski definition) is 5. The van der Waals surface area contributed by atoms with Crippen molar-refractivity contribution in [1.82, 2.24) is 14.3 Å². The van der Waals surface area contributed by atoms with E-state index in [4.69, 9.17) is 5.73 Å². The minimum atomic E-state index is -4.41. The molecule has 0 spiro atoms. The smallest absolute Gasteiger partial charge is 0.326 e. The molecule has 1 aromatic carbocycles. The van der Waals surface area contributed by atoms with E-state index in [-0.39, 0.29) is 0 Å². The van der Waals surface area contributed by atoms with E-state index in [0.29, 0.717) is 34.4 Å². The molecule has 30 heavy (non-hydrogen) atoms. The maximum Gasteiger partial charge on any atom is 0.416 e. The number of nitrogens with zero attached hydrogens (tertiary/aromatic N) is 4. The lowest BCUT2D eigenvalue weighted by atomic mass is 10.2. The normalized spacial score (nSPS) is 17.2. The molecule has 1 unspecified atom stereocenters. The van der Waals surface area contributed by atoms with Gasteiger partial charge < -0.3 is 16.0 Å². The van der Waals surface area contributed by atoms with Crippen LogP contribution in [0, 0.1) is 12.7 Å². The number of nitrogens with two attached hydrogens (primary N) is 1. The third-order valence-corrected chi connectivity index (χ3v) is 4.80. The number of rotatable bonds is 2. The zero-order chi connectivity index (χ0) is 21.6. The van der Waals surface area contributed by atoms with Crippen molar-refractivity contribution in [3.8, 4) is 0 Å². The number of aryl methyl sites for hydroxylation is 1. The molecule has 1 aliphatic rings. The molecule has 0 saturated heterocycles. The summed E-state index contributed by atoms with van der Waals surface area (Å²) in [5.41, 5.74) is 8.14. The van der Waals surface area contributed by atoms with Gasteiger partial charge in [0.05, 0.1) is 22.6 Å². The minimum Gasteiger partial charge on any atom is -0.326 e. The number of anilines is 1. The third kappa shape index (κ3) is 3.61. The molecule has 0 amide bonds. The average Bonchev–Trinajstić information content (AvgIpc) is 3.00. The number of benzene rings is 1. The minimum absolute atomic E-state index is 0.338. The summed E-state index contributed by atoms with van der Waals surface area (Å²) < 4.78 is 53.7. The first-order valence-corrected chi connectivity index (χ1v) is 9.01. The molecule has 156 valence electrons. The second-order valence-electron chi connectivity index (χ2n) is 6.91. The van der Waals surface area contributed by atoms with Crippen LogP contribution in [0.25, 0.3) is 11.3 Å². The fourth-order valence-corrected chi connectivity index (χ4v) is 3.21. The Morgan fingerprint density at radius 2 is 1.80 bits per heavy atom. The molecule has 1 aliphatic heterocycles. The molecule has 0 bridgehead atoms. The summed E-state index contributed by atoms with van der Waals surface area (Å²) in [5.74, 6) is -0.0865. The van der Waals surface area contributed by atoms with Crippen LogP contribution in [0.2, 0.25) is 0 Å². The number of likely N-dealkylation sites (N-methyl/N-ethyl adjacent to an activating group) is 1. The van der Waals surface area contributed by atoms with Crippen LogP contribution >= 0.6 is 0 Å². The molecular formula is C20H18F4N6. The number of imidazole rings is 1. The fraction of sp³-hybridized carbons (Fsp3) is 0.200. The Morgan fingerprint density at radius 3 is 2.47 bits per heavy atom. The lowest BCUT2D eigenvalue weighted by Gasteiger charge is -2.30. The predicted molar refractivity (Wildman–Crippen MR) is 106 cm³/mol. The van der Waals surface area contributed by atoms with Crippen LogP contribution in [0.4, 0.5) is 23.2 Å². The van der Waals surface area contributed by atoms with Gasteiger partial charge in [-0.1, -0.05) is 0 Å². The molecule has 3 aromatic rings.